The molecule has 1 aromatic rings. The number of carboxylic acid groups (broad SMARTS) is 1. The molecule has 110 valence electrons. The molecular formula is C14H18FNO4. The molecular weight excluding hydrogens is 265 g/mol. The summed E-state index contributed by atoms with van der Waals surface area (Å²) in [7, 11) is 0. The molecule has 0 spiro atoms. The van der Waals surface area contributed by atoms with Crippen molar-refractivity contribution >= 4 is 11.9 Å². The number of rotatable bonds is 8. The van der Waals surface area contributed by atoms with Crippen LogP contribution in [0.15, 0.2) is 18.2 Å². The molecule has 0 fully saturated rings. The van der Waals surface area contributed by atoms with Crippen LogP contribution in [0.25, 0.3) is 0 Å². The van der Waals surface area contributed by atoms with Gasteiger partial charge in [0.2, 0.25) is 0 Å². The number of carboxylic acids is 1. The Bertz CT molecular complexity index is 476. The second kappa shape index (κ2) is 8.27. The van der Waals surface area contributed by atoms with Crippen molar-refractivity contribution in [2.75, 3.05) is 13.2 Å². The van der Waals surface area contributed by atoms with Gasteiger partial charge in [-0.3, -0.25) is 4.79 Å². The van der Waals surface area contributed by atoms with Crippen molar-refractivity contribution in [2.45, 2.75) is 26.3 Å². The Morgan fingerprint density at radius 1 is 1.40 bits per heavy atom. The number of hydrogen-bond acceptors (Lipinski definition) is 4. The minimum Gasteiger partial charge on any atom is -0.478 e. The normalized spacial score (nSPS) is 10.3. The molecule has 2 N–H and O–H groups in total. The molecule has 1 aromatic carbocycles. The van der Waals surface area contributed by atoms with Crippen LogP contribution in [0, 0.1) is 5.82 Å². The molecule has 5 nitrogen and oxygen atoms in total. The van der Waals surface area contributed by atoms with Crippen LogP contribution in [0.3, 0.4) is 0 Å². The smallest absolute Gasteiger partial charge is 0.335 e. The summed E-state index contributed by atoms with van der Waals surface area (Å²) in [5, 5.41) is 11.8. The summed E-state index contributed by atoms with van der Waals surface area (Å²) < 4.78 is 18.2. The molecule has 0 bridgehead atoms. The number of hydrogen-bond donors (Lipinski definition) is 2. The van der Waals surface area contributed by atoms with Crippen LogP contribution in [0.2, 0.25) is 0 Å². The van der Waals surface area contributed by atoms with Gasteiger partial charge in [-0.05, 0) is 38.1 Å². The van der Waals surface area contributed by atoms with Gasteiger partial charge in [0.05, 0.1) is 12.2 Å². The third kappa shape index (κ3) is 5.36. The second-order valence-corrected chi connectivity index (χ2v) is 4.20. The molecule has 0 aliphatic heterocycles. The standard InChI is InChI=1S/C14H18FNO4/c1-2-20-13(17)4-3-7-16-9-11-8-10(14(18)19)5-6-12(11)15/h5-6,8,16H,2-4,7,9H2,1H3,(H,18,19). The van der Waals surface area contributed by atoms with E-state index in [9.17, 15) is 14.0 Å². The fourth-order valence-corrected chi connectivity index (χ4v) is 1.66. The van der Waals surface area contributed by atoms with Gasteiger partial charge in [-0.1, -0.05) is 0 Å². The number of halogens is 1. The fraction of sp³-hybridized carbons (Fsp3) is 0.429. The van der Waals surface area contributed by atoms with E-state index in [4.69, 9.17) is 9.84 Å². The lowest BCUT2D eigenvalue weighted by molar-refractivity contribution is -0.143. The lowest BCUT2D eigenvalue weighted by Gasteiger charge is -2.07. The summed E-state index contributed by atoms with van der Waals surface area (Å²) in [6.45, 7) is 2.85. The van der Waals surface area contributed by atoms with E-state index in [-0.39, 0.29) is 18.1 Å². The third-order valence-corrected chi connectivity index (χ3v) is 2.65. The molecule has 20 heavy (non-hydrogen) atoms. The first-order valence-electron chi connectivity index (χ1n) is 6.42. The average Bonchev–Trinajstić information content (AvgIpc) is 2.40. The topological polar surface area (TPSA) is 75.6 Å². The van der Waals surface area contributed by atoms with E-state index in [1.54, 1.807) is 6.92 Å². The van der Waals surface area contributed by atoms with Crippen LogP contribution in [-0.4, -0.2) is 30.2 Å². The number of carbonyl (C=O) groups excluding carboxylic acids is 1. The van der Waals surface area contributed by atoms with Gasteiger partial charge in [0, 0.05) is 18.5 Å². The first-order chi connectivity index (χ1) is 9.54. The van der Waals surface area contributed by atoms with Gasteiger partial charge >= 0.3 is 11.9 Å². The third-order valence-electron chi connectivity index (χ3n) is 2.65. The van der Waals surface area contributed by atoms with Gasteiger partial charge in [0.1, 0.15) is 5.82 Å². The molecule has 0 atom stereocenters. The maximum absolute atomic E-state index is 13.5. The predicted molar refractivity (Wildman–Crippen MR) is 70.9 cm³/mol. The Labute approximate surface area is 116 Å². The van der Waals surface area contributed by atoms with Crippen molar-refractivity contribution in [1.29, 1.82) is 0 Å². The van der Waals surface area contributed by atoms with E-state index in [0.717, 1.165) is 6.07 Å². The number of carbonyl (C=O) groups is 2. The lowest BCUT2D eigenvalue weighted by atomic mass is 10.1. The summed E-state index contributed by atoms with van der Waals surface area (Å²) in [5.41, 5.74) is 0.343. The van der Waals surface area contributed by atoms with Crippen molar-refractivity contribution in [2.24, 2.45) is 0 Å². The molecule has 0 saturated heterocycles. The highest BCUT2D eigenvalue weighted by Crippen LogP contribution is 2.10. The van der Waals surface area contributed by atoms with Crippen LogP contribution in [-0.2, 0) is 16.1 Å². The highest BCUT2D eigenvalue weighted by Gasteiger charge is 2.08. The van der Waals surface area contributed by atoms with Crippen LogP contribution in [0.5, 0.6) is 0 Å². The second-order valence-electron chi connectivity index (χ2n) is 4.20. The Kier molecular flexibility index (Phi) is 6.66. The molecule has 0 amide bonds. The number of benzene rings is 1. The Balaban J connectivity index is 2.36. The minimum atomic E-state index is -1.09. The van der Waals surface area contributed by atoms with Crippen LogP contribution < -0.4 is 5.32 Å². The van der Waals surface area contributed by atoms with E-state index in [0.29, 0.717) is 31.6 Å². The summed E-state index contributed by atoms with van der Waals surface area (Å²) in [6, 6.07) is 3.66. The summed E-state index contributed by atoms with van der Waals surface area (Å²) in [6.07, 6.45) is 0.886. The minimum absolute atomic E-state index is 0.0507. The number of ether oxygens (including phenoxy) is 1. The zero-order valence-corrected chi connectivity index (χ0v) is 11.3. The maximum atomic E-state index is 13.5. The van der Waals surface area contributed by atoms with E-state index in [1.165, 1.54) is 12.1 Å². The largest absolute Gasteiger partial charge is 0.478 e. The quantitative estimate of drug-likeness (QED) is 0.563. The monoisotopic (exact) mass is 283 g/mol. The molecule has 0 aliphatic carbocycles. The number of aromatic carboxylic acids is 1. The first kappa shape index (κ1) is 16.1. The van der Waals surface area contributed by atoms with Gasteiger partial charge in [0.25, 0.3) is 0 Å². The average molecular weight is 283 g/mol. The summed E-state index contributed by atoms with van der Waals surface area (Å²) in [4.78, 5) is 21.9. The number of esters is 1. The fourth-order valence-electron chi connectivity index (χ4n) is 1.66. The molecule has 1 rings (SSSR count). The maximum Gasteiger partial charge on any atom is 0.335 e. The zero-order valence-electron chi connectivity index (χ0n) is 11.3. The van der Waals surface area contributed by atoms with Crippen molar-refractivity contribution in [1.82, 2.24) is 5.32 Å². The SMILES string of the molecule is CCOC(=O)CCCNCc1cc(C(=O)O)ccc1F. The van der Waals surface area contributed by atoms with Gasteiger partial charge in [0.15, 0.2) is 0 Å². The zero-order chi connectivity index (χ0) is 15.0. The van der Waals surface area contributed by atoms with Crippen molar-refractivity contribution in [3.8, 4) is 0 Å². The number of nitrogens with one attached hydrogen (secondary N) is 1. The molecule has 0 saturated carbocycles. The predicted octanol–water partition coefficient (Wildman–Crippen LogP) is 1.96. The van der Waals surface area contributed by atoms with Crippen molar-refractivity contribution < 1.29 is 23.8 Å². The van der Waals surface area contributed by atoms with Crippen molar-refractivity contribution in [3.63, 3.8) is 0 Å². The van der Waals surface area contributed by atoms with Gasteiger partial charge in [-0.25, -0.2) is 9.18 Å². The van der Waals surface area contributed by atoms with E-state index in [2.05, 4.69) is 5.32 Å². The molecule has 6 heteroatoms. The lowest BCUT2D eigenvalue weighted by Crippen LogP contribution is -2.17. The first-order valence-corrected chi connectivity index (χ1v) is 6.42. The molecule has 0 aliphatic rings. The van der Waals surface area contributed by atoms with Gasteiger partial charge < -0.3 is 15.2 Å². The van der Waals surface area contributed by atoms with Gasteiger partial charge in [-0.15, -0.1) is 0 Å². The molecule has 0 unspecified atom stereocenters. The van der Waals surface area contributed by atoms with E-state index < -0.39 is 11.8 Å². The van der Waals surface area contributed by atoms with Crippen LogP contribution >= 0.6 is 0 Å². The highest BCUT2D eigenvalue weighted by atomic mass is 19.1. The van der Waals surface area contributed by atoms with Crippen molar-refractivity contribution in [3.05, 3.63) is 35.1 Å². The van der Waals surface area contributed by atoms with Gasteiger partial charge in [-0.2, -0.15) is 0 Å². The molecule has 0 aromatic heterocycles. The van der Waals surface area contributed by atoms with Crippen LogP contribution in [0.4, 0.5) is 4.39 Å². The highest BCUT2D eigenvalue weighted by molar-refractivity contribution is 5.87. The summed E-state index contributed by atoms with van der Waals surface area (Å²) >= 11 is 0. The Morgan fingerprint density at radius 2 is 2.15 bits per heavy atom. The van der Waals surface area contributed by atoms with E-state index >= 15 is 0 Å². The van der Waals surface area contributed by atoms with Crippen LogP contribution in [0.1, 0.15) is 35.7 Å². The molecule has 0 radical (unpaired) electrons. The van der Waals surface area contributed by atoms with E-state index in [1.807, 2.05) is 0 Å². The molecule has 0 heterocycles. The summed E-state index contributed by atoms with van der Waals surface area (Å²) in [5.74, 6) is -1.80. The Morgan fingerprint density at radius 3 is 2.80 bits per heavy atom. The Hall–Kier alpha value is -1.95.